The Balaban J connectivity index is 0.840. The summed E-state index contributed by atoms with van der Waals surface area (Å²) in [4.78, 5) is 79.4. The average molecular weight is 900 g/mol. The minimum atomic E-state index is -0.914. The van der Waals surface area contributed by atoms with Crippen molar-refractivity contribution in [2.45, 2.75) is 110 Å². The highest BCUT2D eigenvalue weighted by molar-refractivity contribution is 6.00. The Bertz CT molecular complexity index is 2770. The van der Waals surface area contributed by atoms with Crippen LogP contribution in [0.2, 0.25) is 0 Å². The summed E-state index contributed by atoms with van der Waals surface area (Å²) in [5.41, 5.74) is 1.81. The first-order valence-electron chi connectivity index (χ1n) is 23.1. The molecule has 2 saturated heterocycles. The number of benzene rings is 2. The van der Waals surface area contributed by atoms with Crippen molar-refractivity contribution in [2.24, 2.45) is 5.92 Å². The molecule has 0 radical (unpaired) electrons. The van der Waals surface area contributed by atoms with E-state index in [0.717, 1.165) is 40.8 Å². The number of likely N-dealkylation sites (tertiary alicyclic amines) is 1. The summed E-state index contributed by atoms with van der Waals surface area (Å²) >= 11 is 0. The standard InChI is InChI=1S/C47H57N13O6/c1-6-34-42-55-54-28(3)59(42)36-24-49-46(52-41(36)58(34)26-29-11-8-7-9-12-29)50-32-16-15-30(23-37(32)66-5)43(63)53-47(4)19-21-57(22-20-47)39(62)25-48-33-14-10-13-31-27(2)56-60(45(65)40(31)33)35-17-18-38(61)51-44(35)64/h10,13-16,23-24,29,34-35,48H,6-9,11-12,17-22,25-26H2,1-5H3,(H,53,63)(H,49,50,52)(H,51,61,64)/t34-,35?/m1/s1. The Labute approximate surface area is 382 Å². The number of anilines is 4. The van der Waals surface area contributed by atoms with Crippen LogP contribution in [0, 0.1) is 19.8 Å². The first-order valence-corrected chi connectivity index (χ1v) is 23.1. The number of hydrogen-bond donors (Lipinski definition) is 4. The van der Waals surface area contributed by atoms with E-state index < -0.39 is 23.0 Å². The molecule has 3 aliphatic heterocycles. The first kappa shape index (κ1) is 44.3. The number of ether oxygens (including phenoxy) is 1. The molecular weight excluding hydrogens is 843 g/mol. The first-order chi connectivity index (χ1) is 31.8. The molecule has 9 rings (SSSR count). The van der Waals surface area contributed by atoms with E-state index in [1.54, 1.807) is 55.3 Å². The maximum absolute atomic E-state index is 13.8. The summed E-state index contributed by atoms with van der Waals surface area (Å²) in [5.74, 6) is 2.60. The Morgan fingerprint density at radius 1 is 0.985 bits per heavy atom. The zero-order chi connectivity index (χ0) is 46.3. The van der Waals surface area contributed by atoms with Gasteiger partial charge in [0.25, 0.3) is 17.4 Å². The fourth-order valence-electron chi connectivity index (χ4n) is 10.0. The highest BCUT2D eigenvalue weighted by Crippen LogP contribution is 2.41. The normalized spacial score (nSPS) is 19.5. The van der Waals surface area contributed by atoms with Crippen molar-refractivity contribution in [2.75, 3.05) is 48.8 Å². The lowest BCUT2D eigenvalue weighted by Gasteiger charge is -2.40. The van der Waals surface area contributed by atoms with Gasteiger partial charge in [-0.2, -0.15) is 10.1 Å². The van der Waals surface area contributed by atoms with Gasteiger partial charge >= 0.3 is 0 Å². The smallest absolute Gasteiger partial charge is 0.277 e. The lowest BCUT2D eigenvalue weighted by molar-refractivity contribution is -0.136. The molecular formula is C47H57N13O6. The Morgan fingerprint density at radius 3 is 2.52 bits per heavy atom. The molecule has 4 N–H and O–H groups in total. The molecule has 5 aromatic rings. The molecule has 1 saturated carbocycles. The third-order valence-electron chi connectivity index (χ3n) is 13.8. The van der Waals surface area contributed by atoms with Crippen LogP contribution in [-0.4, -0.2) is 102 Å². The number of imide groups is 1. The van der Waals surface area contributed by atoms with Crippen molar-refractivity contribution in [3.63, 3.8) is 0 Å². The highest BCUT2D eigenvalue weighted by atomic mass is 16.5. The van der Waals surface area contributed by atoms with Gasteiger partial charge in [0.1, 0.15) is 23.3 Å². The molecule has 0 bridgehead atoms. The van der Waals surface area contributed by atoms with Crippen molar-refractivity contribution in [1.82, 2.24) is 50.0 Å². The number of aromatic nitrogens is 7. The molecule has 3 fully saturated rings. The topological polar surface area (TPSA) is 223 Å². The summed E-state index contributed by atoms with van der Waals surface area (Å²) in [5, 5.41) is 26.4. The van der Waals surface area contributed by atoms with Crippen LogP contribution in [-0.2, 0) is 14.4 Å². The van der Waals surface area contributed by atoms with Gasteiger partial charge in [0.05, 0.1) is 42.7 Å². The summed E-state index contributed by atoms with van der Waals surface area (Å²) in [6, 6.07) is 9.62. The van der Waals surface area contributed by atoms with Gasteiger partial charge in [-0.05, 0) is 89.5 Å². The zero-order valence-corrected chi connectivity index (χ0v) is 38.1. The maximum atomic E-state index is 13.8. The van der Waals surface area contributed by atoms with Crippen LogP contribution in [0.25, 0.3) is 16.5 Å². The lowest BCUT2D eigenvalue weighted by atomic mass is 9.88. The molecule has 1 unspecified atom stereocenters. The number of methoxy groups -OCH3 is 1. The van der Waals surface area contributed by atoms with Crippen molar-refractivity contribution >= 4 is 57.5 Å². The zero-order valence-electron chi connectivity index (χ0n) is 38.1. The second-order valence-corrected chi connectivity index (χ2v) is 18.2. The number of aryl methyl sites for hydroxylation is 2. The van der Waals surface area contributed by atoms with Crippen LogP contribution in [0.1, 0.15) is 118 Å². The Hall–Kier alpha value is -6.92. The van der Waals surface area contributed by atoms with Crippen LogP contribution in [0.15, 0.2) is 47.4 Å². The summed E-state index contributed by atoms with van der Waals surface area (Å²) < 4.78 is 9.00. The van der Waals surface area contributed by atoms with Crippen LogP contribution < -0.4 is 36.5 Å². The van der Waals surface area contributed by atoms with Gasteiger partial charge in [-0.1, -0.05) is 38.3 Å². The van der Waals surface area contributed by atoms with Gasteiger partial charge in [-0.15, -0.1) is 10.2 Å². The van der Waals surface area contributed by atoms with E-state index >= 15 is 0 Å². The molecule has 3 aromatic heterocycles. The third kappa shape index (κ3) is 8.53. The monoisotopic (exact) mass is 899 g/mol. The predicted molar refractivity (Wildman–Crippen MR) is 247 cm³/mol. The van der Waals surface area contributed by atoms with E-state index in [4.69, 9.17) is 14.7 Å². The largest absolute Gasteiger partial charge is 0.495 e. The van der Waals surface area contributed by atoms with E-state index in [9.17, 15) is 24.0 Å². The fourth-order valence-corrected chi connectivity index (χ4v) is 10.0. The summed E-state index contributed by atoms with van der Waals surface area (Å²) in [6.07, 6.45) is 10.2. The number of carbonyl (C=O) groups is 4. The highest BCUT2D eigenvalue weighted by Gasteiger charge is 2.37. The maximum Gasteiger partial charge on any atom is 0.277 e. The van der Waals surface area contributed by atoms with Crippen LogP contribution in [0.3, 0.4) is 0 Å². The third-order valence-corrected chi connectivity index (χ3v) is 13.8. The van der Waals surface area contributed by atoms with E-state index in [0.29, 0.717) is 77.0 Å². The molecule has 66 heavy (non-hydrogen) atoms. The Kier molecular flexibility index (Phi) is 12.2. The number of amides is 4. The van der Waals surface area contributed by atoms with E-state index in [1.807, 2.05) is 20.0 Å². The number of nitrogens with one attached hydrogen (secondary N) is 4. The SMILES string of the molecule is CC[C@@H]1c2nnc(C)n2-c2cnc(Nc3ccc(C(=O)NC4(C)CCN(C(=O)CNc5cccc6c(C)nn(C7CCC(=O)NC7=O)c(=O)c56)CC4)cc3OC)nc2N1CC1CCCCC1. The lowest BCUT2D eigenvalue weighted by Crippen LogP contribution is -2.55. The fraction of sp³-hybridized carbons (Fsp3) is 0.489. The quantitative estimate of drug-likeness (QED) is 0.118. The minimum absolute atomic E-state index is 0.0319. The van der Waals surface area contributed by atoms with Gasteiger partial charge in [0.15, 0.2) is 11.6 Å². The number of hydrogen-bond acceptors (Lipinski definition) is 14. The second-order valence-electron chi connectivity index (χ2n) is 18.2. The minimum Gasteiger partial charge on any atom is -0.495 e. The molecule has 346 valence electrons. The van der Waals surface area contributed by atoms with Crippen molar-refractivity contribution in [3.8, 4) is 11.4 Å². The van der Waals surface area contributed by atoms with Gasteiger partial charge in [-0.25, -0.2) is 9.67 Å². The van der Waals surface area contributed by atoms with Crippen molar-refractivity contribution in [1.29, 1.82) is 0 Å². The second kappa shape index (κ2) is 18.2. The van der Waals surface area contributed by atoms with E-state index in [1.165, 1.54) is 32.1 Å². The molecule has 19 nitrogen and oxygen atoms in total. The van der Waals surface area contributed by atoms with Gasteiger partial charge in [0.2, 0.25) is 17.8 Å². The van der Waals surface area contributed by atoms with Gasteiger partial charge in [-0.3, -0.25) is 33.9 Å². The molecule has 1 aliphatic carbocycles. The molecule has 2 aromatic carbocycles. The van der Waals surface area contributed by atoms with Crippen LogP contribution in [0.4, 0.5) is 23.1 Å². The van der Waals surface area contributed by atoms with E-state index in [2.05, 4.69) is 53.0 Å². The predicted octanol–water partition coefficient (Wildman–Crippen LogP) is 5.19. The Morgan fingerprint density at radius 2 is 1.77 bits per heavy atom. The molecule has 2 atom stereocenters. The summed E-state index contributed by atoms with van der Waals surface area (Å²) in [6.45, 7) is 9.51. The molecule has 0 spiro atoms. The molecule has 19 heteroatoms. The number of carbonyl (C=O) groups excluding carboxylic acids is 4. The molecule has 6 heterocycles. The van der Waals surface area contributed by atoms with Crippen molar-refractivity contribution < 1.29 is 23.9 Å². The average Bonchev–Trinajstić information content (AvgIpc) is 3.70. The number of nitrogens with zero attached hydrogens (tertiary/aromatic N) is 9. The number of piperidine rings is 2. The number of rotatable bonds is 12. The van der Waals surface area contributed by atoms with Gasteiger partial charge < -0.3 is 30.5 Å². The van der Waals surface area contributed by atoms with Crippen LogP contribution in [0.5, 0.6) is 5.75 Å². The number of fused-ring (bicyclic) bond motifs is 4. The van der Waals surface area contributed by atoms with E-state index in [-0.39, 0.29) is 43.1 Å². The summed E-state index contributed by atoms with van der Waals surface area (Å²) in [7, 11) is 1.56. The molecule has 4 aliphatic rings. The molecule has 4 amide bonds. The van der Waals surface area contributed by atoms with Crippen LogP contribution >= 0.6 is 0 Å². The van der Waals surface area contributed by atoms with Crippen molar-refractivity contribution in [3.05, 3.63) is 75.9 Å². The van der Waals surface area contributed by atoms with Gasteiger partial charge in [0, 0.05) is 48.2 Å².